The molecule has 0 saturated heterocycles. The van der Waals surface area contributed by atoms with Gasteiger partial charge in [0.25, 0.3) is 0 Å². The summed E-state index contributed by atoms with van der Waals surface area (Å²) in [7, 11) is -1.67. The van der Waals surface area contributed by atoms with Gasteiger partial charge in [0, 0.05) is 18.5 Å². The molecule has 0 aromatic heterocycles. The number of sulfonamides is 1. The van der Waals surface area contributed by atoms with Gasteiger partial charge >= 0.3 is 0 Å². The standard InChI is InChI=1S/C16H19NO2S2/c1-17(12-14-8-10-16(20-2)11-9-14)21(18,19)13-15-6-4-3-5-7-15/h3-11H,12-13H2,1-2H3. The van der Waals surface area contributed by atoms with E-state index in [1.165, 1.54) is 9.20 Å². The third-order valence-electron chi connectivity index (χ3n) is 3.23. The molecule has 2 aromatic rings. The van der Waals surface area contributed by atoms with Gasteiger partial charge in [-0.05, 0) is 29.5 Å². The zero-order valence-electron chi connectivity index (χ0n) is 12.2. The zero-order chi connectivity index (χ0) is 15.3. The van der Waals surface area contributed by atoms with E-state index in [0.29, 0.717) is 6.54 Å². The van der Waals surface area contributed by atoms with Crippen molar-refractivity contribution in [3.63, 3.8) is 0 Å². The highest BCUT2D eigenvalue weighted by Gasteiger charge is 2.18. The van der Waals surface area contributed by atoms with Crippen molar-refractivity contribution in [2.75, 3.05) is 13.3 Å². The SMILES string of the molecule is CSc1ccc(CN(C)S(=O)(=O)Cc2ccccc2)cc1. The molecule has 0 saturated carbocycles. The van der Waals surface area contributed by atoms with Gasteiger partial charge in [-0.1, -0.05) is 42.5 Å². The van der Waals surface area contributed by atoms with Gasteiger partial charge in [0.15, 0.2) is 0 Å². The molecule has 0 aliphatic carbocycles. The van der Waals surface area contributed by atoms with Crippen LogP contribution in [0.4, 0.5) is 0 Å². The highest BCUT2D eigenvalue weighted by atomic mass is 32.2. The van der Waals surface area contributed by atoms with Gasteiger partial charge in [-0.25, -0.2) is 12.7 Å². The Bertz CT molecular complexity index is 667. The van der Waals surface area contributed by atoms with E-state index >= 15 is 0 Å². The topological polar surface area (TPSA) is 37.4 Å². The van der Waals surface area contributed by atoms with Crippen LogP contribution in [0.2, 0.25) is 0 Å². The van der Waals surface area contributed by atoms with Gasteiger partial charge in [-0.15, -0.1) is 11.8 Å². The third-order valence-corrected chi connectivity index (χ3v) is 5.75. The van der Waals surface area contributed by atoms with Gasteiger partial charge in [-0.2, -0.15) is 0 Å². The molecule has 3 nitrogen and oxygen atoms in total. The molecular formula is C16H19NO2S2. The first-order valence-electron chi connectivity index (χ1n) is 6.62. The van der Waals surface area contributed by atoms with Crippen molar-refractivity contribution in [2.45, 2.75) is 17.2 Å². The molecule has 0 atom stereocenters. The summed E-state index contributed by atoms with van der Waals surface area (Å²) in [6.45, 7) is 0.393. The fraction of sp³-hybridized carbons (Fsp3) is 0.250. The number of thioether (sulfide) groups is 1. The minimum absolute atomic E-state index is 0.0350. The smallest absolute Gasteiger partial charge is 0.212 e. The normalized spacial score (nSPS) is 11.8. The predicted octanol–water partition coefficient (Wildman–Crippen LogP) is 3.37. The monoisotopic (exact) mass is 321 g/mol. The van der Waals surface area contributed by atoms with Crippen LogP contribution in [-0.2, 0) is 22.3 Å². The van der Waals surface area contributed by atoms with Crippen molar-refractivity contribution in [2.24, 2.45) is 0 Å². The van der Waals surface area contributed by atoms with Gasteiger partial charge in [0.2, 0.25) is 10.0 Å². The van der Waals surface area contributed by atoms with E-state index in [1.54, 1.807) is 18.8 Å². The fourth-order valence-electron chi connectivity index (χ4n) is 1.98. The molecule has 2 rings (SSSR count). The number of benzene rings is 2. The Balaban J connectivity index is 2.05. The molecule has 0 fully saturated rings. The number of hydrogen-bond acceptors (Lipinski definition) is 3. The average molecular weight is 321 g/mol. The van der Waals surface area contributed by atoms with E-state index in [0.717, 1.165) is 11.1 Å². The molecule has 0 amide bonds. The first-order valence-corrected chi connectivity index (χ1v) is 9.45. The Labute approximate surface area is 131 Å². The fourth-order valence-corrected chi connectivity index (χ4v) is 3.57. The first-order chi connectivity index (χ1) is 10.0. The lowest BCUT2D eigenvalue weighted by Crippen LogP contribution is -2.27. The van der Waals surface area contributed by atoms with E-state index in [9.17, 15) is 8.42 Å². The Morgan fingerprint density at radius 1 is 0.952 bits per heavy atom. The maximum atomic E-state index is 12.3. The van der Waals surface area contributed by atoms with Crippen LogP contribution in [0.15, 0.2) is 59.5 Å². The van der Waals surface area contributed by atoms with Gasteiger partial charge in [-0.3, -0.25) is 0 Å². The van der Waals surface area contributed by atoms with Crippen molar-refractivity contribution in [3.05, 3.63) is 65.7 Å². The molecule has 0 unspecified atom stereocenters. The van der Waals surface area contributed by atoms with Crippen LogP contribution < -0.4 is 0 Å². The van der Waals surface area contributed by atoms with Crippen LogP contribution >= 0.6 is 11.8 Å². The van der Waals surface area contributed by atoms with Crippen molar-refractivity contribution >= 4 is 21.8 Å². The number of hydrogen-bond donors (Lipinski definition) is 0. The number of nitrogens with zero attached hydrogens (tertiary/aromatic N) is 1. The van der Waals surface area contributed by atoms with E-state index in [4.69, 9.17) is 0 Å². The largest absolute Gasteiger partial charge is 0.218 e. The second-order valence-corrected chi connectivity index (χ2v) is 7.80. The van der Waals surface area contributed by atoms with Crippen LogP contribution in [0.5, 0.6) is 0 Å². The van der Waals surface area contributed by atoms with E-state index in [2.05, 4.69) is 0 Å². The van der Waals surface area contributed by atoms with E-state index in [1.807, 2.05) is 60.9 Å². The molecule has 21 heavy (non-hydrogen) atoms. The maximum Gasteiger partial charge on any atom is 0.218 e. The maximum absolute atomic E-state index is 12.3. The molecule has 0 heterocycles. The van der Waals surface area contributed by atoms with Crippen molar-refractivity contribution in [1.29, 1.82) is 0 Å². The molecule has 0 spiro atoms. The first kappa shape index (κ1) is 16.1. The molecule has 112 valence electrons. The average Bonchev–Trinajstić information content (AvgIpc) is 2.48. The summed E-state index contributed by atoms with van der Waals surface area (Å²) in [5.41, 5.74) is 1.80. The second-order valence-electron chi connectivity index (χ2n) is 4.85. The molecule has 2 aromatic carbocycles. The van der Waals surface area contributed by atoms with Gasteiger partial charge in [0.05, 0.1) is 5.75 Å². The minimum atomic E-state index is -3.30. The molecule has 0 N–H and O–H groups in total. The summed E-state index contributed by atoms with van der Waals surface area (Å²) < 4.78 is 26.1. The molecule has 0 bridgehead atoms. The Morgan fingerprint density at radius 2 is 1.57 bits per heavy atom. The summed E-state index contributed by atoms with van der Waals surface area (Å²) in [5.74, 6) is 0.0350. The molecule has 5 heteroatoms. The van der Waals surface area contributed by atoms with Crippen molar-refractivity contribution in [1.82, 2.24) is 4.31 Å². The second kappa shape index (κ2) is 7.11. The van der Waals surface area contributed by atoms with Crippen molar-refractivity contribution < 1.29 is 8.42 Å². The molecule has 0 aliphatic rings. The Kier molecular flexibility index (Phi) is 5.45. The summed E-state index contributed by atoms with van der Waals surface area (Å²) in [5, 5.41) is 0. The lowest BCUT2D eigenvalue weighted by atomic mass is 10.2. The lowest BCUT2D eigenvalue weighted by molar-refractivity contribution is 0.466. The van der Waals surface area contributed by atoms with Gasteiger partial charge < -0.3 is 0 Å². The lowest BCUT2D eigenvalue weighted by Gasteiger charge is -2.17. The zero-order valence-corrected chi connectivity index (χ0v) is 13.8. The third kappa shape index (κ3) is 4.59. The quantitative estimate of drug-likeness (QED) is 0.766. The van der Waals surface area contributed by atoms with Crippen molar-refractivity contribution in [3.8, 4) is 0 Å². The summed E-state index contributed by atoms with van der Waals surface area (Å²) in [6.07, 6.45) is 2.02. The highest BCUT2D eigenvalue weighted by molar-refractivity contribution is 7.98. The summed E-state index contributed by atoms with van der Waals surface area (Å²) >= 11 is 1.67. The molecular weight excluding hydrogens is 302 g/mol. The number of rotatable bonds is 6. The van der Waals surface area contributed by atoms with Crippen LogP contribution in [0.25, 0.3) is 0 Å². The summed E-state index contributed by atoms with van der Waals surface area (Å²) in [4.78, 5) is 1.17. The molecule has 0 radical (unpaired) electrons. The van der Waals surface area contributed by atoms with Crippen LogP contribution in [-0.4, -0.2) is 26.0 Å². The molecule has 0 aliphatic heterocycles. The Morgan fingerprint density at radius 3 is 2.14 bits per heavy atom. The minimum Gasteiger partial charge on any atom is -0.212 e. The highest BCUT2D eigenvalue weighted by Crippen LogP contribution is 2.17. The van der Waals surface area contributed by atoms with Crippen LogP contribution in [0.1, 0.15) is 11.1 Å². The van der Waals surface area contributed by atoms with E-state index in [-0.39, 0.29) is 5.75 Å². The predicted molar refractivity (Wildman–Crippen MR) is 88.8 cm³/mol. The van der Waals surface area contributed by atoms with Gasteiger partial charge in [0.1, 0.15) is 0 Å². The van der Waals surface area contributed by atoms with Crippen LogP contribution in [0.3, 0.4) is 0 Å². The summed E-state index contributed by atoms with van der Waals surface area (Å²) in [6, 6.07) is 17.2. The van der Waals surface area contributed by atoms with Crippen LogP contribution in [0, 0.1) is 0 Å². The Hall–Kier alpha value is -1.30. The van der Waals surface area contributed by atoms with E-state index < -0.39 is 10.0 Å².